The summed E-state index contributed by atoms with van der Waals surface area (Å²) in [6, 6.07) is 7.76. The number of ether oxygens (including phenoxy) is 2. The Morgan fingerprint density at radius 2 is 2.07 bits per heavy atom. The maximum absolute atomic E-state index is 9.53. The van der Waals surface area contributed by atoms with Crippen LogP contribution in [0.5, 0.6) is 5.75 Å². The number of fused-ring (bicyclic) bond motifs is 1. The Hall–Kier alpha value is -1.70. The number of hydrogen-bond donors (Lipinski definition) is 2. The van der Waals surface area contributed by atoms with Crippen molar-refractivity contribution >= 4 is 33.2 Å². The average Bonchev–Trinajstić information content (AvgIpc) is 3.30. The maximum Gasteiger partial charge on any atom is 0.138 e. The Morgan fingerprint density at radius 1 is 1.25 bits per heavy atom. The van der Waals surface area contributed by atoms with E-state index in [0.29, 0.717) is 11.6 Å². The molecule has 1 aliphatic rings. The van der Waals surface area contributed by atoms with Gasteiger partial charge in [-0.05, 0) is 43.7 Å². The first-order valence-electron chi connectivity index (χ1n) is 9.38. The summed E-state index contributed by atoms with van der Waals surface area (Å²) in [4.78, 5) is 5.33. The number of pyridine rings is 1. The summed E-state index contributed by atoms with van der Waals surface area (Å²) >= 11 is 7.95. The first-order chi connectivity index (χ1) is 13.6. The molecule has 0 amide bonds. The van der Waals surface area contributed by atoms with Gasteiger partial charge in [-0.2, -0.15) is 0 Å². The number of aliphatic hydroxyl groups is 1. The van der Waals surface area contributed by atoms with Gasteiger partial charge in [0.05, 0.1) is 16.8 Å². The molecule has 0 radical (unpaired) electrons. The number of aromatic nitrogens is 1. The van der Waals surface area contributed by atoms with Gasteiger partial charge in [0.1, 0.15) is 18.0 Å². The van der Waals surface area contributed by atoms with E-state index in [4.69, 9.17) is 21.1 Å². The zero-order chi connectivity index (χ0) is 19.7. The molecule has 2 atom stereocenters. The molecule has 3 heterocycles. The highest BCUT2D eigenvalue weighted by Gasteiger charge is 2.30. The van der Waals surface area contributed by atoms with E-state index < -0.39 is 0 Å². The number of nitrogens with zero attached hydrogens (tertiary/aromatic N) is 1. The van der Waals surface area contributed by atoms with Crippen LogP contribution in [0.4, 0.5) is 0 Å². The number of hydrogen-bond acceptors (Lipinski definition) is 6. The molecule has 1 fully saturated rings. The molecule has 4 rings (SSSR count). The highest BCUT2D eigenvalue weighted by Crippen LogP contribution is 2.42. The molecule has 0 unspecified atom stereocenters. The Labute approximate surface area is 173 Å². The standard InChI is InChI=1S/C21H23ClN2O3S/c1-3-26-18-9-23-10-19(18)27-20-12(2)6-13(22)7-16(20)15-4-5-24-17-8-14(11-25)28-21(15)17/h4-8,18-19,23,25H,3,9-11H2,1-2H3/t18-,19+/m0/s1. The van der Waals surface area contributed by atoms with Gasteiger partial charge in [0, 0.05) is 46.9 Å². The van der Waals surface area contributed by atoms with Gasteiger partial charge in [-0.25, -0.2) is 0 Å². The summed E-state index contributed by atoms with van der Waals surface area (Å²) in [6.45, 7) is 6.19. The third-order valence-electron chi connectivity index (χ3n) is 4.90. The highest BCUT2D eigenvalue weighted by atomic mass is 35.5. The van der Waals surface area contributed by atoms with Crippen molar-refractivity contribution in [3.8, 4) is 16.9 Å². The lowest BCUT2D eigenvalue weighted by molar-refractivity contribution is 0.00899. The second-order valence-corrected chi connectivity index (χ2v) is 8.42. The first kappa shape index (κ1) is 19.6. The van der Waals surface area contributed by atoms with E-state index in [1.54, 1.807) is 17.5 Å². The van der Waals surface area contributed by atoms with Crippen LogP contribution >= 0.6 is 22.9 Å². The van der Waals surface area contributed by atoms with Gasteiger partial charge < -0.3 is 19.9 Å². The Bertz CT molecular complexity index is 991. The second kappa shape index (κ2) is 8.35. The average molecular weight is 419 g/mol. The molecule has 5 nitrogen and oxygen atoms in total. The monoisotopic (exact) mass is 418 g/mol. The van der Waals surface area contributed by atoms with Crippen molar-refractivity contribution in [3.05, 3.63) is 45.9 Å². The second-order valence-electron chi connectivity index (χ2n) is 6.85. The van der Waals surface area contributed by atoms with Gasteiger partial charge in [0.25, 0.3) is 0 Å². The summed E-state index contributed by atoms with van der Waals surface area (Å²) in [6.07, 6.45) is 1.74. The lowest BCUT2D eigenvalue weighted by Crippen LogP contribution is -2.33. The number of thiophene rings is 1. The third kappa shape index (κ3) is 3.75. The van der Waals surface area contributed by atoms with Crippen molar-refractivity contribution in [1.82, 2.24) is 10.3 Å². The molecule has 0 spiro atoms. The van der Waals surface area contributed by atoms with E-state index in [1.165, 1.54) is 0 Å². The molecule has 1 aromatic carbocycles. The third-order valence-corrected chi connectivity index (χ3v) is 6.26. The highest BCUT2D eigenvalue weighted by molar-refractivity contribution is 7.19. The fourth-order valence-corrected chi connectivity index (χ4v) is 4.92. The van der Waals surface area contributed by atoms with Gasteiger partial charge in [0.15, 0.2) is 0 Å². The predicted molar refractivity (Wildman–Crippen MR) is 113 cm³/mol. The lowest BCUT2D eigenvalue weighted by atomic mass is 10.0. The molecule has 7 heteroatoms. The summed E-state index contributed by atoms with van der Waals surface area (Å²) < 4.78 is 13.3. The molecule has 148 valence electrons. The Balaban J connectivity index is 1.81. The fourth-order valence-electron chi connectivity index (χ4n) is 3.64. The van der Waals surface area contributed by atoms with E-state index in [-0.39, 0.29) is 18.8 Å². The van der Waals surface area contributed by atoms with E-state index in [0.717, 1.165) is 50.6 Å². The van der Waals surface area contributed by atoms with Gasteiger partial charge in [-0.3, -0.25) is 4.98 Å². The van der Waals surface area contributed by atoms with Crippen LogP contribution in [0.1, 0.15) is 17.4 Å². The van der Waals surface area contributed by atoms with E-state index >= 15 is 0 Å². The molecule has 3 aromatic rings. The van der Waals surface area contributed by atoms with Crippen molar-refractivity contribution in [3.63, 3.8) is 0 Å². The number of halogens is 1. The molecular formula is C21H23ClN2O3S. The number of benzene rings is 1. The summed E-state index contributed by atoms with van der Waals surface area (Å²) in [5.41, 5.74) is 3.79. The number of aryl methyl sites for hydroxylation is 1. The largest absolute Gasteiger partial charge is 0.485 e. The predicted octanol–water partition coefficient (Wildman–Crippen LogP) is 4.17. The van der Waals surface area contributed by atoms with Gasteiger partial charge in [-0.15, -0.1) is 11.3 Å². The minimum absolute atomic E-state index is 0.00216. The van der Waals surface area contributed by atoms with Crippen molar-refractivity contribution in [1.29, 1.82) is 0 Å². The van der Waals surface area contributed by atoms with Crippen LogP contribution in [0.2, 0.25) is 5.02 Å². The molecule has 2 aromatic heterocycles. The molecule has 0 aliphatic carbocycles. The SMILES string of the molecule is CCO[C@H]1CNC[C@H]1Oc1c(C)cc(Cl)cc1-c1ccnc2cc(CO)sc12. The first-order valence-corrected chi connectivity index (χ1v) is 10.6. The van der Waals surface area contributed by atoms with E-state index in [2.05, 4.69) is 10.3 Å². The maximum atomic E-state index is 9.53. The fraction of sp³-hybridized carbons (Fsp3) is 0.381. The molecule has 28 heavy (non-hydrogen) atoms. The molecule has 1 saturated heterocycles. The van der Waals surface area contributed by atoms with Gasteiger partial charge >= 0.3 is 0 Å². The molecule has 0 bridgehead atoms. The van der Waals surface area contributed by atoms with Crippen molar-refractivity contribution < 1.29 is 14.6 Å². The van der Waals surface area contributed by atoms with Crippen LogP contribution in [0, 0.1) is 6.92 Å². The Morgan fingerprint density at radius 3 is 2.86 bits per heavy atom. The van der Waals surface area contributed by atoms with Gasteiger partial charge in [-0.1, -0.05) is 11.6 Å². The van der Waals surface area contributed by atoms with E-state index in [9.17, 15) is 5.11 Å². The van der Waals surface area contributed by atoms with Crippen LogP contribution in [0.25, 0.3) is 21.3 Å². The van der Waals surface area contributed by atoms with Crippen LogP contribution in [-0.4, -0.2) is 42.0 Å². The molecule has 1 aliphatic heterocycles. The van der Waals surface area contributed by atoms with Crippen molar-refractivity contribution in [2.45, 2.75) is 32.7 Å². The summed E-state index contributed by atoms with van der Waals surface area (Å²) in [7, 11) is 0. The van der Waals surface area contributed by atoms with Crippen LogP contribution < -0.4 is 10.1 Å². The minimum Gasteiger partial charge on any atom is -0.485 e. The summed E-state index contributed by atoms with van der Waals surface area (Å²) in [5.74, 6) is 0.814. The number of nitrogens with one attached hydrogen (secondary N) is 1. The smallest absolute Gasteiger partial charge is 0.138 e. The lowest BCUT2D eigenvalue weighted by Gasteiger charge is -2.23. The normalized spacial score (nSPS) is 19.4. The van der Waals surface area contributed by atoms with Crippen LogP contribution in [0.15, 0.2) is 30.5 Å². The minimum atomic E-state index is -0.0627. The van der Waals surface area contributed by atoms with Crippen LogP contribution in [0.3, 0.4) is 0 Å². The van der Waals surface area contributed by atoms with E-state index in [1.807, 2.05) is 38.1 Å². The summed E-state index contributed by atoms with van der Waals surface area (Å²) in [5, 5.41) is 13.5. The zero-order valence-corrected chi connectivity index (χ0v) is 17.4. The molecule has 2 N–H and O–H groups in total. The number of aliphatic hydroxyl groups excluding tert-OH is 1. The van der Waals surface area contributed by atoms with Crippen LogP contribution in [-0.2, 0) is 11.3 Å². The Kier molecular flexibility index (Phi) is 5.85. The van der Waals surface area contributed by atoms with Gasteiger partial charge in [0.2, 0.25) is 0 Å². The quantitative estimate of drug-likeness (QED) is 0.629. The van der Waals surface area contributed by atoms with Crippen molar-refractivity contribution in [2.75, 3.05) is 19.7 Å². The number of rotatable bonds is 6. The molecule has 0 saturated carbocycles. The van der Waals surface area contributed by atoms with Crippen molar-refractivity contribution in [2.24, 2.45) is 0 Å². The molecular weight excluding hydrogens is 396 g/mol. The zero-order valence-electron chi connectivity index (χ0n) is 15.9. The topological polar surface area (TPSA) is 63.6 Å².